The van der Waals surface area contributed by atoms with Gasteiger partial charge in [-0.1, -0.05) is 32.0 Å². The Balaban J connectivity index is 2.17. The highest BCUT2D eigenvalue weighted by Gasteiger charge is 2.22. The van der Waals surface area contributed by atoms with E-state index in [4.69, 9.17) is 5.11 Å². The first kappa shape index (κ1) is 19.5. The second-order valence-electron chi connectivity index (χ2n) is 7.21. The molecule has 0 fully saturated rings. The van der Waals surface area contributed by atoms with Crippen LogP contribution in [0, 0.1) is 0 Å². The molecule has 0 radical (unpaired) electrons. The number of nitrogens with one attached hydrogen (secondary N) is 2. The van der Waals surface area contributed by atoms with Crippen molar-refractivity contribution in [2.45, 2.75) is 52.0 Å². The zero-order valence-electron chi connectivity index (χ0n) is 15.6. The molecular formula is C19H26N4O3. The van der Waals surface area contributed by atoms with E-state index >= 15 is 0 Å². The molecule has 0 aliphatic heterocycles. The van der Waals surface area contributed by atoms with Crippen LogP contribution in [-0.4, -0.2) is 32.4 Å². The molecule has 0 unspecified atom stereocenters. The first-order chi connectivity index (χ1) is 12.2. The lowest BCUT2D eigenvalue weighted by atomic mass is 9.99. The Labute approximate surface area is 153 Å². The average molecular weight is 358 g/mol. The predicted octanol–water partition coefficient (Wildman–Crippen LogP) is 3.76. The first-order valence-corrected chi connectivity index (χ1v) is 8.64. The van der Waals surface area contributed by atoms with E-state index < -0.39 is 17.5 Å². The summed E-state index contributed by atoms with van der Waals surface area (Å²) >= 11 is 0. The fraction of sp³-hybridized carbons (Fsp3) is 0.421. The van der Waals surface area contributed by atoms with Gasteiger partial charge in [0, 0.05) is 18.0 Å². The highest BCUT2D eigenvalue weighted by molar-refractivity contribution is 5.89. The smallest absolute Gasteiger partial charge is 0.320 e. The molecule has 0 bridgehead atoms. The van der Waals surface area contributed by atoms with Crippen LogP contribution in [0.25, 0.3) is 5.69 Å². The van der Waals surface area contributed by atoms with Crippen LogP contribution in [0.2, 0.25) is 0 Å². The molecule has 0 spiro atoms. The van der Waals surface area contributed by atoms with Crippen molar-refractivity contribution in [1.29, 1.82) is 0 Å². The van der Waals surface area contributed by atoms with E-state index in [1.54, 1.807) is 18.5 Å². The van der Waals surface area contributed by atoms with Gasteiger partial charge in [-0.15, -0.1) is 0 Å². The van der Waals surface area contributed by atoms with Crippen molar-refractivity contribution in [3.8, 4) is 5.69 Å². The fourth-order valence-corrected chi connectivity index (χ4v) is 2.47. The summed E-state index contributed by atoms with van der Waals surface area (Å²) in [6.45, 7) is 7.67. The molecular weight excluding hydrogens is 332 g/mol. The number of aromatic nitrogens is 2. The van der Waals surface area contributed by atoms with E-state index in [-0.39, 0.29) is 12.3 Å². The lowest BCUT2D eigenvalue weighted by Gasteiger charge is -2.25. The number of aliphatic carboxylic acids is 1. The third kappa shape index (κ3) is 5.34. The van der Waals surface area contributed by atoms with Crippen molar-refractivity contribution in [2.75, 3.05) is 5.32 Å². The summed E-state index contributed by atoms with van der Waals surface area (Å²) in [5.41, 5.74) is 1.08. The number of hydrogen-bond acceptors (Lipinski definition) is 3. The third-order valence-corrected chi connectivity index (χ3v) is 3.98. The molecule has 1 aromatic heterocycles. The van der Waals surface area contributed by atoms with Gasteiger partial charge in [0.2, 0.25) is 0 Å². The number of carboxylic acids is 1. The van der Waals surface area contributed by atoms with Crippen LogP contribution in [0.1, 0.15) is 52.1 Å². The topological polar surface area (TPSA) is 96.3 Å². The second-order valence-corrected chi connectivity index (χ2v) is 7.21. The van der Waals surface area contributed by atoms with Crippen LogP contribution < -0.4 is 10.6 Å². The minimum atomic E-state index is -0.885. The number of hydrogen-bond donors (Lipinski definition) is 3. The molecule has 7 heteroatoms. The van der Waals surface area contributed by atoms with Crippen LogP contribution in [0.15, 0.2) is 36.4 Å². The molecule has 0 saturated carbocycles. The number of nitrogens with zero attached hydrogens (tertiary/aromatic N) is 2. The Morgan fingerprint density at radius 1 is 1.23 bits per heavy atom. The van der Waals surface area contributed by atoms with E-state index in [0.717, 1.165) is 11.4 Å². The maximum absolute atomic E-state index is 12.4. The van der Waals surface area contributed by atoms with E-state index in [1.807, 2.05) is 50.2 Å². The highest BCUT2D eigenvalue weighted by atomic mass is 16.4. The molecule has 2 amide bonds. The molecule has 1 aromatic carbocycles. The molecule has 7 nitrogen and oxygen atoms in total. The maximum atomic E-state index is 12.4. The zero-order valence-corrected chi connectivity index (χ0v) is 15.6. The summed E-state index contributed by atoms with van der Waals surface area (Å²) in [5.74, 6) is -0.106. The SMILES string of the molecule is CC(C)c1cc(NC(=O)NC(C)(C)CCC(=O)O)n(-c2ccccc2)n1. The molecule has 140 valence electrons. The Morgan fingerprint density at radius 2 is 1.88 bits per heavy atom. The molecule has 2 rings (SSSR count). The summed E-state index contributed by atoms with van der Waals surface area (Å²) in [7, 11) is 0. The van der Waals surface area contributed by atoms with E-state index in [0.29, 0.717) is 12.2 Å². The number of anilines is 1. The number of carboxylic acid groups (broad SMARTS) is 1. The molecule has 1 heterocycles. The van der Waals surface area contributed by atoms with Crippen molar-refractivity contribution in [1.82, 2.24) is 15.1 Å². The summed E-state index contributed by atoms with van der Waals surface area (Å²) in [4.78, 5) is 23.2. The van der Waals surface area contributed by atoms with Crippen LogP contribution >= 0.6 is 0 Å². The Kier molecular flexibility index (Phi) is 6.02. The molecule has 0 aliphatic rings. The number of amides is 2. The number of benzene rings is 1. The Morgan fingerprint density at radius 3 is 2.46 bits per heavy atom. The van der Waals surface area contributed by atoms with E-state index in [9.17, 15) is 9.59 Å². The fourth-order valence-electron chi connectivity index (χ4n) is 2.47. The van der Waals surface area contributed by atoms with Crippen LogP contribution in [0.3, 0.4) is 0 Å². The van der Waals surface area contributed by atoms with Gasteiger partial charge in [-0.25, -0.2) is 9.48 Å². The Bertz CT molecular complexity index is 766. The monoisotopic (exact) mass is 358 g/mol. The van der Waals surface area contributed by atoms with Gasteiger partial charge in [-0.2, -0.15) is 5.10 Å². The average Bonchev–Trinajstić information content (AvgIpc) is 2.97. The van der Waals surface area contributed by atoms with Gasteiger partial charge in [0.05, 0.1) is 11.4 Å². The Hall–Kier alpha value is -2.83. The molecule has 2 aromatic rings. The summed E-state index contributed by atoms with van der Waals surface area (Å²) in [6.07, 6.45) is 0.331. The number of carbonyl (C=O) groups excluding carboxylic acids is 1. The van der Waals surface area contributed by atoms with Gasteiger partial charge in [-0.3, -0.25) is 10.1 Å². The molecule has 0 aliphatic carbocycles. The van der Waals surface area contributed by atoms with E-state index in [2.05, 4.69) is 15.7 Å². The standard InChI is InChI=1S/C19H26N4O3/c1-13(2)15-12-16(23(22-15)14-8-6-5-7-9-14)20-18(26)21-19(3,4)11-10-17(24)25/h5-9,12-13H,10-11H2,1-4H3,(H,24,25)(H2,20,21,26). The van der Waals surface area contributed by atoms with E-state index in [1.165, 1.54) is 0 Å². The largest absolute Gasteiger partial charge is 0.481 e. The van der Waals surface area contributed by atoms with Crippen molar-refractivity contribution in [3.63, 3.8) is 0 Å². The van der Waals surface area contributed by atoms with Gasteiger partial charge in [0.1, 0.15) is 5.82 Å². The van der Waals surface area contributed by atoms with Gasteiger partial charge in [0.15, 0.2) is 0 Å². The van der Waals surface area contributed by atoms with Gasteiger partial charge < -0.3 is 10.4 Å². The number of urea groups is 1. The number of rotatable bonds is 7. The molecule has 3 N–H and O–H groups in total. The highest BCUT2D eigenvalue weighted by Crippen LogP contribution is 2.22. The normalized spacial score (nSPS) is 11.4. The minimum Gasteiger partial charge on any atom is -0.481 e. The third-order valence-electron chi connectivity index (χ3n) is 3.98. The number of para-hydroxylation sites is 1. The van der Waals surface area contributed by atoms with Crippen molar-refractivity contribution in [2.24, 2.45) is 0 Å². The van der Waals surface area contributed by atoms with Crippen molar-refractivity contribution >= 4 is 17.8 Å². The number of carbonyl (C=O) groups is 2. The quantitative estimate of drug-likeness (QED) is 0.702. The molecule has 26 heavy (non-hydrogen) atoms. The summed E-state index contributed by atoms with van der Waals surface area (Å²) < 4.78 is 1.69. The van der Waals surface area contributed by atoms with Gasteiger partial charge in [0.25, 0.3) is 0 Å². The molecule has 0 atom stereocenters. The van der Waals surface area contributed by atoms with Crippen LogP contribution in [-0.2, 0) is 4.79 Å². The lowest BCUT2D eigenvalue weighted by Crippen LogP contribution is -2.46. The molecule has 0 saturated heterocycles. The summed E-state index contributed by atoms with van der Waals surface area (Å²) in [6, 6.07) is 11.0. The second kappa shape index (κ2) is 8.03. The van der Waals surface area contributed by atoms with Gasteiger partial charge >= 0.3 is 12.0 Å². The first-order valence-electron chi connectivity index (χ1n) is 8.64. The minimum absolute atomic E-state index is 0.00722. The predicted molar refractivity (Wildman–Crippen MR) is 101 cm³/mol. The van der Waals surface area contributed by atoms with Crippen molar-refractivity contribution in [3.05, 3.63) is 42.1 Å². The maximum Gasteiger partial charge on any atom is 0.320 e. The summed E-state index contributed by atoms with van der Waals surface area (Å²) in [5, 5.41) is 19.1. The van der Waals surface area contributed by atoms with Crippen LogP contribution in [0.5, 0.6) is 0 Å². The van der Waals surface area contributed by atoms with Crippen molar-refractivity contribution < 1.29 is 14.7 Å². The van der Waals surface area contributed by atoms with Gasteiger partial charge in [-0.05, 0) is 38.3 Å². The zero-order chi connectivity index (χ0) is 19.3. The lowest BCUT2D eigenvalue weighted by molar-refractivity contribution is -0.137. The van der Waals surface area contributed by atoms with Crippen LogP contribution in [0.4, 0.5) is 10.6 Å².